The molecule has 0 saturated heterocycles. The highest BCUT2D eigenvalue weighted by molar-refractivity contribution is 7.98. The molecule has 0 aliphatic rings. The molecule has 1 aromatic carbocycles. The van der Waals surface area contributed by atoms with Crippen LogP contribution in [0.2, 0.25) is 0 Å². The molecule has 0 amide bonds. The van der Waals surface area contributed by atoms with Gasteiger partial charge in [0, 0.05) is 4.90 Å². The van der Waals surface area contributed by atoms with Gasteiger partial charge in [-0.05, 0) is 24.6 Å². The summed E-state index contributed by atoms with van der Waals surface area (Å²) in [5.74, 6) is 0.232. The fraction of sp³-hybridized carbons (Fsp3) is 0.182. The number of hydrogen-bond donors (Lipinski definition) is 1. The standard InChI is InChI=1S/C11H10N2O3S/c1-7-2-3-8(4-9(7)11(14)15)17-5-10-12-6-16-13-10/h2-4,6H,5H2,1H3,(H,14,15). The Morgan fingerprint density at radius 1 is 1.53 bits per heavy atom. The van der Waals surface area contributed by atoms with Crippen molar-refractivity contribution in [2.24, 2.45) is 0 Å². The van der Waals surface area contributed by atoms with Crippen molar-refractivity contribution < 1.29 is 14.4 Å². The Labute approximate surface area is 102 Å². The summed E-state index contributed by atoms with van der Waals surface area (Å²) in [7, 11) is 0. The summed E-state index contributed by atoms with van der Waals surface area (Å²) in [5.41, 5.74) is 1.07. The summed E-state index contributed by atoms with van der Waals surface area (Å²) in [6, 6.07) is 5.33. The van der Waals surface area contributed by atoms with E-state index >= 15 is 0 Å². The van der Waals surface area contributed by atoms with Crippen LogP contribution in [0.3, 0.4) is 0 Å². The van der Waals surface area contributed by atoms with Crippen LogP contribution >= 0.6 is 11.8 Å². The van der Waals surface area contributed by atoms with E-state index in [9.17, 15) is 4.79 Å². The zero-order valence-electron chi connectivity index (χ0n) is 9.08. The Bertz CT molecular complexity index is 526. The van der Waals surface area contributed by atoms with Crippen LogP contribution in [0.4, 0.5) is 0 Å². The van der Waals surface area contributed by atoms with Gasteiger partial charge < -0.3 is 9.63 Å². The fourth-order valence-electron chi connectivity index (χ4n) is 1.33. The normalized spacial score (nSPS) is 10.4. The zero-order valence-corrected chi connectivity index (χ0v) is 9.90. The van der Waals surface area contributed by atoms with E-state index in [1.165, 1.54) is 18.2 Å². The van der Waals surface area contributed by atoms with Crippen molar-refractivity contribution in [1.29, 1.82) is 0 Å². The fourth-order valence-corrected chi connectivity index (χ4v) is 2.11. The third-order valence-electron chi connectivity index (χ3n) is 2.21. The largest absolute Gasteiger partial charge is 0.478 e. The Morgan fingerprint density at radius 3 is 3.00 bits per heavy atom. The van der Waals surface area contributed by atoms with Crippen LogP contribution < -0.4 is 0 Å². The van der Waals surface area contributed by atoms with E-state index < -0.39 is 5.97 Å². The average molecular weight is 250 g/mol. The average Bonchev–Trinajstić information content (AvgIpc) is 2.80. The molecule has 0 spiro atoms. The van der Waals surface area contributed by atoms with Gasteiger partial charge in [0.2, 0.25) is 6.39 Å². The number of thioether (sulfide) groups is 1. The molecule has 2 rings (SSSR count). The van der Waals surface area contributed by atoms with Gasteiger partial charge in [-0.1, -0.05) is 11.2 Å². The van der Waals surface area contributed by atoms with Gasteiger partial charge in [0.05, 0.1) is 11.3 Å². The van der Waals surface area contributed by atoms with Crippen LogP contribution in [0.5, 0.6) is 0 Å². The molecule has 0 radical (unpaired) electrons. The van der Waals surface area contributed by atoms with Gasteiger partial charge in [-0.3, -0.25) is 0 Å². The van der Waals surface area contributed by atoms with Crippen molar-refractivity contribution in [3.05, 3.63) is 41.5 Å². The first-order valence-electron chi connectivity index (χ1n) is 4.89. The number of aromatic carboxylic acids is 1. The number of carbonyl (C=O) groups is 1. The number of carboxylic acid groups (broad SMARTS) is 1. The molecular formula is C11H10N2O3S. The first-order chi connectivity index (χ1) is 8.16. The lowest BCUT2D eigenvalue weighted by Gasteiger charge is -2.03. The molecule has 0 bridgehead atoms. The summed E-state index contributed by atoms with van der Waals surface area (Å²) in [6.45, 7) is 1.77. The zero-order chi connectivity index (χ0) is 12.3. The first-order valence-corrected chi connectivity index (χ1v) is 5.87. The molecule has 1 heterocycles. The summed E-state index contributed by atoms with van der Waals surface area (Å²) in [5, 5.41) is 12.7. The molecule has 5 nitrogen and oxygen atoms in total. The number of aryl methyl sites for hydroxylation is 1. The molecule has 0 aliphatic carbocycles. The van der Waals surface area contributed by atoms with Crippen LogP contribution in [-0.4, -0.2) is 21.2 Å². The van der Waals surface area contributed by atoms with Crippen molar-refractivity contribution >= 4 is 17.7 Å². The van der Waals surface area contributed by atoms with Gasteiger partial charge >= 0.3 is 5.97 Å². The van der Waals surface area contributed by atoms with E-state index in [1.54, 1.807) is 19.1 Å². The predicted molar refractivity (Wildman–Crippen MR) is 62.0 cm³/mol. The minimum absolute atomic E-state index is 0.322. The van der Waals surface area contributed by atoms with Crippen molar-refractivity contribution in [2.45, 2.75) is 17.6 Å². The first kappa shape index (κ1) is 11.7. The molecular weight excluding hydrogens is 240 g/mol. The van der Waals surface area contributed by atoms with Crippen LogP contribution in [0, 0.1) is 6.92 Å². The maximum Gasteiger partial charge on any atom is 0.335 e. The van der Waals surface area contributed by atoms with Gasteiger partial charge in [-0.25, -0.2) is 4.79 Å². The summed E-state index contributed by atoms with van der Waals surface area (Å²) in [6.07, 6.45) is 1.27. The molecule has 88 valence electrons. The smallest absolute Gasteiger partial charge is 0.335 e. The van der Waals surface area contributed by atoms with E-state index in [2.05, 4.69) is 14.7 Å². The van der Waals surface area contributed by atoms with Crippen LogP contribution in [0.1, 0.15) is 21.7 Å². The van der Waals surface area contributed by atoms with E-state index in [-0.39, 0.29) is 0 Å². The lowest BCUT2D eigenvalue weighted by molar-refractivity contribution is 0.0696. The highest BCUT2D eigenvalue weighted by Crippen LogP contribution is 2.23. The maximum absolute atomic E-state index is 11.0. The Morgan fingerprint density at radius 2 is 2.35 bits per heavy atom. The van der Waals surface area contributed by atoms with Crippen molar-refractivity contribution in [1.82, 2.24) is 10.1 Å². The molecule has 0 saturated carbocycles. The second-order valence-corrected chi connectivity index (χ2v) is 4.47. The van der Waals surface area contributed by atoms with Crippen molar-refractivity contribution in [3.63, 3.8) is 0 Å². The highest BCUT2D eigenvalue weighted by Gasteiger charge is 2.08. The number of hydrogen-bond acceptors (Lipinski definition) is 5. The minimum atomic E-state index is -0.912. The summed E-state index contributed by atoms with van der Waals surface area (Å²) in [4.78, 5) is 15.7. The Balaban J connectivity index is 2.11. The van der Waals surface area contributed by atoms with E-state index in [0.717, 1.165) is 10.5 Å². The lowest BCUT2D eigenvalue weighted by Crippen LogP contribution is -1.99. The summed E-state index contributed by atoms with van der Waals surface area (Å²) >= 11 is 1.47. The number of benzene rings is 1. The van der Waals surface area contributed by atoms with Crippen molar-refractivity contribution in [2.75, 3.05) is 0 Å². The third kappa shape index (κ3) is 2.85. The number of carboxylic acids is 1. The number of aromatic nitrogens is 2. The highest BCUT2D eigenvalue weighted by atomic mass is 32.2. The Hall–Kier alpha value is -1.82. The number of nitrogens with zero attached hydrogens (tertiary/aromatic N) is 2. The van der Waals surface area contributed by atoms with Crippen LogP contribution in [0.15, 0.2) is 34.0 Å². The monoisotopic (exact) mass is 250 g/mol. The summed E-state index contributed by atoms with van der Waals surface area (Å²) < 4.78 is 4.62. The quantitative estimate of drug-likeness (QED) is 0.839. The second-order valence-electron chi connectivity index (χ2n) is 3.42. The van der Waals surface area contributed by atoms with E-state index in [1.807, 2.05) is 6.07 Å². The molecule has 1 aromatic heterocycles. The maximum atomic E-state index is 11.0. The van der Waals surface area contributed by atoms with Crippen molar-refractivity contribution in [3.8, 4) is 0 Å². The molecule has 6 heteroatoms. The molecule has 0 unspecified atom stereocenters. The predicted octanol–water partition coefficient (Wildman–Crippen LogP) is 2.37. The second kappa shape index (κ2) is 5.01. The van der Waals surface area contributed by atoms with Gasteiger partial charge in [0.25, 0.3) is 0 Å². The SMILES string of the molecule is Cc1ccc(SCc2ncon2)cc1C(=O)O. The van der Waals surface area contributed by atoms with Gasteiger partial charge in [0.15, 0.2) is 5.82 Å². The lowest BCUT2D eigenvalue weighted by atomic mass is 10.1. The number of rotatable bonds is 4. The Kier molecular flexibility index (Phi) is 3.43. The molecule has 0 atom stereocenters. The third-order valence-corrected chi connectivity index (χ3v) is 3.20. The van der Waals surface area contributed by atoms with Crippen LogP contribution in [-0.2, 0) is 5.75 Å². The molecule has 1 N–H and O–H groups in total. The minimum Gasteiger partial charge on any atom is -0.478 e. The van der Waals surface area contributed by atoms with Gasteiger partial charge in [-0.15, -0.1) is 11.8 Å². The van der Waals surface area contributed by atoms with E-state index in [0.29, 0.717) is 17.1 Å². The molecule has 0 aliphatic heterocycles. The van der Waals surface area contributed by atoms with E-state index in [4.69, 9.17) is 5.11 Å². The van der Waals surface area contributed by atoms with Crippen LogP contribution in [0.25, 0.3) is 0 Å². The molecule has 2 aromatic rings. The molecule has 0 fully saturated rings. The molecule has 17 heavy (non-hydrogen) atoms. The van der Waals surface area contributed by atoms with Gasteiger partial charge in [-0.2, -0.15) is 4.98 Å². The van der Waals surface area contributed by atoms with Gasteiger partial charge in [0.1, 0.15) is 0 Å². The topological polar surface area (TPSA) is 76.2 Å².